The number of imidazole rings is 2. The predicted molar refractivity (Wildman–Crippen MR) is 218 cm³/mol. The van der Waals surface area contributed by atoms with Crippen molar-refractivity contribution in [1.29, 1.82) is 0 Å². The second-order valence-corrected chi connectivity index (χ2v) is 16.4. The van der Waals surface area contributed by atoms with Crippen LogP contribution in [0.3, 0.4) is 0 Å². The molecule has 3 aliphatic rings. The summed E-state index contributed by atoms with van der Waals surface area (Å²) >= 11 is 0. The molecular formula is C43H55N9O6. The molecule has 4 amide bonds. The van der Waals surface area contributed by atoms with E-state index in [0.29, 0.717) is 13.1 Å². The summed E-state index contributed by atoms with van der Waals surface area (Å²) in [5.74, 6) is 0.973. The molecule has 5 heterocycles. The number of aromatic nitrogens is 4. The van der Waals surface area contributed by atoms with Gasteiger partial charge in [0.25, 0.3) is 0 Å². The average Bonchev–Trinajstić information content (AvgIpc) is 4.04. The van der Waals surface area contributed by atoms with Gasteiger partial charge in [-0.05, 0) is 90.1 Å². The number of rotatable bonds is 10. The third-order valence-electron chi connectivity index (χ3n) is 11.7. The Morgan fingerprint density at radius 2 is 1.10 bits per heavy atom. The smallest absolute Gasteiger partial charge is 0.407 e. The van der Waals surface area contributed by atoms with Crippen LogP contribution in [0.15, 0.2) is 48.8 Å². The van der Waals surface area contributed by atoms with Crippen LogP contribution in [-0.4, -0.2) is 105 Å². The first kappa shape index (κ1) is 40.5. The molecule has 4 atom stereocenters. The lowest BCUT2D eigenvalue weighted by Crippen LogP contribution is -2.51. The number of carbonyl (C=O) groups is 4. The number of aromatic amines is 2. The molecule has 0 aliphatic carbocycles. The minimum absolute atomic E-state index is 0.109. The van der Waals surface area contributed by atoms with Gasteiger partial charge in [0, 0.05) is 26.2 Å². The number of ether oxygens (including phenoxy) is 2. The third-order valence-corrected chi connectivity index (χ3v) is 11.7. The summed E-state index contributed by atoms with van der Waals surface area (Å²) in [6.45, 7) is 10.3. The van der Waals surface area contributed by atoms with E-state index in [1.807, 2.05) is 49.9 Å². The highest BCUT2D eigenvalue weighted by Crippen LogP contribution is 2.39. The molecule has 7 rings (SSSR count). The Morgan fingerprint density at radius 1 is 0.690 bits per heavy atom. The number of fused-ring (bicyclic) bond motifs is 3. The molecule has 2 fully saturated rings. The monoisotopic (exact) mass is 793 g/mol. The molecule has 2 aromatic heterocycles. The number of alkyl carbamates (subject to hydrolysis) is 2. The van der Waals surface area contributed by atoms with E-state index in [4.69, 9.17) is 19.4 Å². The van der Waals surface area contributed by atoms with Gasteiger partial charge in [0.05, 0.1) is 50.1 Å². The lowest BCUT2D eigenvalue weighted by atomic mass is 9.93. The summed E-state index contributed by atoms with van der Waals surface area (Å²) in [5.41, 5.74) is 8.53. The van der Waals surface area contributed by atoms with Crippen molar-refractivity contribution < 1.29 is 28.7 Å². The van der Waals surface area contributed by atoms with E-state index in [1.165, 1.54) is 36.5 Å². The van der Waals surface area contributed by atoms with Gasteiger partial charge in [-0.15, -0.1) is 0 Å². The molecule has 1 unspecified atom stereocenters. The first-order valence-corrected chi connectivity index (χ1v) is 20.2. The highest BCUT2D eigenvalue weighted by atomic mass is 16.5. The van der Waals surface area contributed by atoms with Gasteiger partial charge in [0.2, 0.25) is 11.8 Å². The number of amides is 4. The number of hydrogen-bond donors (Lipinski definition) is 4. The zero-order valence-corrected chi connectivity index (χ0v) is 34.4. The van der Waals surface area contributed by atoms with Gasteiger partial charge in [-0.25, -0.2) is 19.6 Å². The Balaban J connectivity index is 1.09. The molecule has 15 nitrogen and oxygen atoms in total. The fourth-order valence-corrected chi connectivity index (χ4v) is 8.64. The normalized spacial score (nSPS) is 19.1. The van der Waals surface area contributed by atoms with Crippen molar-refractivity contribution in [3.8, 4) is 33.6 Å². The molecule has 15 heteroatoms. The maximum Gasteiger partial charge on any atom is 0.407 e. The van der Waals surface area contributed by atoms with Crippen LogP contribution < -0.4 is 10.6 Å². The van der Waals surface area contributed by atoms with Gasteiger partial charge in [0.15, 0.2) is 0 Å². The van der Waals surface area contributed by atoms with Crippen molar-refractivity contribution in [3.63, 3.8) is 0 Å². The number of carbonyl (C=O) groups excluding carboxylic acids is 4. The predicted octanol–water partition coefficient (Wildman–Crippen LogP) is 6.17. The first-order chi connectivity index (χ1) is 27.9. The van der Waals surface area contributed by atoms with Gasteiger partial charge in [-0.3, -0.25) is 14.5 Å². The Kier molecular flexibility index (Phi) is 11.9. The molecule has 2 aromatic carbocycles. The summed E-state index contributed by atoms with van der Waals surface area (Å²) in [5, 5.41) is 5.43. The largest absolute Gasteiger partial charge is 0.453 e. The van der Waals surface area contributed by atoms with Crippen LogP contribution in [-0.2, 0) is 32.2 Å². The van der Waals surface area contributed by atoms with E-state index in [-0.39, 0.29) is 35.7 Å². The molecule has 308 valence electrons. The van der Waals surface area contributed by atoms with Gasteiger partial charge in [-0.2, -0.15) is 0 Å². The third kappa shape index (κ3) is 8.17. The molecule has 4 aromatic rings. The molecule has 0 spiro atoms. The fraction of sp³-hybridized carbons (Fsp3) is 0.488. The van der Waals surface area contributed by atoms with Crippen molar-refractivity contribution in [2.24, 2.45) is 11.8 Å². The van der Waals surface area contributed by atoms with Crippen LogP contribution in [0.2, 0.25) is 0 Å². The van der Waals surface area contributed by atoms with E-state index >= 15 is 0 Å². The fourth-order valence-electron chi connectivity index (χ4n) is 8.64. The lowest BCUT2D eigenvalue weighted by Gasteiger charge is -2.30. The van der Waals surface area contributed by atoms with Crippen LogP contribution in [0.5, 0.6) is 0 Å². The quantitative estimate of drug-likeness (QED) is 0.146. The minimum Gasteiger partial charge on any atom is -0.453 e. The molecule has 3 aliphatic heterocycles. The summed E-state index contributed by atoms with van der Waals surface area (Å²) < 4.78 is 9.57. The van der Waals surface area contributed by atoms with Gasteiger partial charge >= 0.3 is 12.2 Å². The van der Waals surface area contributed by atoms with Gasteiger partial charge in [0.1, 0.15) is 23.7 Å². The van der Waals surface area contributed by atoms with Crippen LogP contribution in [0.4, 0.5) is 9.59 Å². The van der Waals surface area contributed by atoms with E-state index in [1.54, 1.807) is 0 Å². The number of methoxy groups -OCH3 is 2. The van der Waals surface area contributed by atoms with E-state index in [9.17, 15) is 19.2 Å². The summed E-state index contributed by atoms with van der Waals surface area (Å²) in [4.78, 5) is 73.9. The summed E-state index contributed by atoms with van der Waals surface area (Å²) in [6, 6.07) is 11.2. The number of benzene rings is 2. The number of nitrogens with zero attached hydrogens (tertiary/aromatic N) is 5. The maximum atomic E-state index is 13.7. The van der Waals surface area contributed by atoms with E-state index < -0.39 is 24.3 Å². The van der Waals surface area contributed by atoms with Crippen molar-refractivity contribution in [1.82, 2.24) is 45.3 Å². The molecule has 4 N–H and O–H groups in total. The Labute approximate surface area is 339 Å². The summed E-state index contributed by atoms with van der Waals surface area (Å²) in [7, 11) is 4.71. The van der Waals surface area contributed by atoms with Crippen LogP contribution in [0, 0.1) is 11.8 Å². The van der Waals surface area contributed by atoms with Crippen molar-refractivity contribution in [2.75, 3.05) is 34.4 Å². The standard InChI is InChI=1S/C43H55N9O6/c1-24(2)36(48-42(55)57-6)40(53)51-16-8-10-34(51)38-44-20-32(46-38)26-12-14-30-28(18-26)22-50(5)23-29-19-27(13-15-31(29)30)33-21-45-39(47-33)35-11-9-17-52(35)41(54)37(25(3)4)49-43(56)58-7/h12-15,18-21,24-25,34-37H,8-11,16-17,22-23H2,1-7H3,(H,44,46)(H,45,47)(H,48,55)(H,49,56)/t34-,35-,36-,37?/m0/s1. The Morgan fingerprint density at radius 3 is 1.48 bits per heavy atom. The van der Waals surface area contributed by atoms with Crippen LogP contribution in [0.1, 0.15) is 88.2 Å². The average molecular weight is 794 g/mol. The van der Waals surface area contributed by atoms with E-state index in [2.05, 4.69) is 68.9 Å². The maximum absolute atomic E-state index is 13.7. The first-order valence-electron chi connectivity index (χ1n) is 20.2. The zero-order chi connectivity index (χ0) is 41.2. The molecule has 0 bridgehead atoms. The minimum atomic E-state index is -0.693. The molecule has 2 saturated heterocycles. The second-order valence-electron chi connectivity index (χ2n) is 16.4. The SMILES string of the molecule is COC(=O)NC(C(=O)N1CCC[C@H]1c1ncc(-c2ccc3c(c2)CN(C)Cc2cc(-c4cnc([C@@H]5CCCN5C(=O)[C@@H](NC(=O)OC)C(C)C)[nH]4)ccc2-3)[nH]1)C(C)C. The Bertz CT molecular complexity index is 2010. The van der Waals surface area contributed by atoms with Gasteiger partial charge < -0.3 is 39.9 Å². The molecule has 0 radical (unpaired) electrons. The number of nitrogens with one attached hydrogen (secondary N) is 4. The zero-order valence-electron chi connectivity index (χ0n) is 34.4. The lowest BCUT2D eigenvalue weighted by molar-refractivity contribution is -0.136. The van der Waals surface area contributed by atoms with Crippen LogP contribution in [0.25, 0.3) is 33.6 Å². The van der Waals surface area contributed by atoms with Crippen LogP contribution >= 0.6 is 0 Å². The number of H-pyrrole nitrogens is 2. The Hall–Kier alpha value is -5.70. The van der Waals surface area contributed by atoms with E-state index in [0.717, 1.165) is 72.9 Å². The highest BCUT2D eigenvalue weighted by Gasteiger charge is 2.39. The summed E-state index contributed by atoms with van der Waals surface area (Å²) in [6.07, 6.45) is 5.69. The van der Waals surface area contributed by atoms with Gasteiger partial charge in [-0.1, -0.05) is 52.0 Å². The van der Waals surface area contributed by atoms with Crippen molar-refractivity contribution >= 4 is 24.0 Å². The topological polar surface area (TPSA) is 178 Å². The second kappa shape index (κ2) is 17.0. The number of hydrogen-bond acceptors (Lipinski definition) is 9. The highest BCUT2D eigenvalue weighted by molar-refractivity contribution is 5.87. The number of likely N-dealkylation sites (tertiary alicyclic amines) is 2. The molecule has 0 saturated carbocycles. The van der Waals surface area contributed by atoms with Crippen molar-refractivity contribution in [2.45, 2.75) is 90.6 Å². The molecular weight excluding hydrogens is 739 g/mol. The molecule has 58 heavy (non-hydrogen) atoms. The van der Waals surface area contributed by atoms with Crippen molar-refractivity contribution in [3.05, 3.63) is 71.6 Å².